The van der Waals surface area contributed by atoms with E-state index in [0.29, 0.717) is 11.4 Å². The lowest BCUT2D eigenvalue weighted by atomic mass is 10.3. The van der Waals surface area contributed by atoms with E-state index in [4.69, 9.17) is 5.11 Å². The highest BCUT2D eigenvalue weighted by atomic mass is 79.9. The molecular formula is C12H9Br2NO2S. The van der Waals surface area contributed by atoms with Crippen LogP contribution in [0.3, 0.4) is 0 Å². The van der Waals surface area contributed by atoms with Gasteiger partial charge in [0.15, 0.2) is 0 Å². The van der Waals surface area contributed by atoms with Gasteiger partial charge in [-0.3, -0.25) is 0 Å². The Morgan fingerprint density at radius 2 is 2.06 bits per heavy atom. The summed E-state index contributed by atoms with van der Waals surface area (Å²) >= 11 is 8.15. The summed E-state index contributed by atoms with van der Waals surface area (Å²) in [7, 11) is 0. The maximum absolute atomic E-state index is 10.8. The Labute approximate surface area is 125 Å². The maximum Gasteiger partial charge on any atom is 0.345 e. The van der Waals surface area contributed by atoms with Crippen LogP contribution in [0, 0.1) is 0 Å². The zero-order valence-electron chi connectivity index (χ0n) is 9.11. The van der Waals surface area contributed by atoms with Gasteiger partial charge < -0.3 is 10.4 Å². The molecule has 0 unspecified atom stereocenters. The number of aromatic carboxylic acids is 1. The molecule has 2 N–H and O–H groups in total. The first-order valence-electron chi connectivity index (χ1n) is 5.07. The standard InChI is InChI=1S/C12H9Br2NO2S/c13-7-1-3-9(14)10(5-7)15-6-8-2-4-11(18-8)12(16)17/h1-5,15H,6H2,(H,16,17). The summed E-state index contributed by atoms with van der Waals surface area (Å²) in [5, 5.41) is 12.1. The van der Waals surface area contributed by atoms with Crippen molar-refractivity contribution >= 4 is 54.9 Å². The minimum absolute atomic E-state index is 0.361. The monoisotopic (exact) mass is 389 g/mol. The first-order valence-corrected chi connectivity index (χ1v) is 7.47. The van der Waals surface area contributed by atoms with Gasteiger partial charge in [-0.05, 0) is 46.3 Å². The summed E-state index contributed by atoms with van der Waals surface area (Å²) in [5.74, 6) is -0.880. The summed E-state index contributed by atoms with van der Waals surface area (Å²) in [5.41, 5.74) is 0.967. The molecule has 0 atom stereocenters. The van der Waals surface area contributed by atoms with Gasteiger partial charge in [0.05, 0.1) is 0 Å². The predicted molar refractivity (Wildman–Crippen MR) is 80.4 cm³/mol. The van der Waals surface area contributed by atoms with E-state index < -0.39 is 5.97 Å². The van der Waals surface area contributed by atoms with Crippen LogP contribution < -0.4 is 5.32 Å². The minimum Gasteiger partial charge on any atom is -0.477 e. The molecule has 0 aliphatic rings. The highest BCUT2D eigenvalue weighted by Crippen LogP contribution is 2.27. The van der Waals surface area contributed by atoms with Gasteiger partial charge in [-0.1, -0.05) is 15.9 Å². The lowest BCUT2D eigenvalue weighted by Crippen LogP contribution is -1.98. The van der Waals surface area contributed by atoms with Crippen molar-refractivity contribution in [3.8, 4) is 0 Å². The first-order chi connectivity index (χ1) is 8.56. The van der Waals surface area contributed by atoms with Crippen LogP contribution in [0.15, 0.2) is 39.3 Å². The molecule has 0 aliphatic heterocycles. The number of hydrogen-bond acceptors (Lipinski definition) is 3. The van der Waals surface area contributed by atoms with Crippen molar-refractivity contribution in [1.82, 2.24) is 0 Å². The van der Waals surface area contributed by atoms with Gasteiger partial charge in [-0.2, -0.15) is 0 Å². The third kappa shape index (κ3) is 3.34. The summed E-state index contributed by atoms with van der Waals surface area (Å²) in [6, 6.07) is 9.31. The zero-order valence-corrected chi connectivity index (χ0v) is 13.1. The number of nitrogens with one attached hydrogen (secondary N) is 1. The van der Waals surface area contributed by atoms with E-state index in [1.807, 2.05) is 24.3 Å². The molecule has 0 spiro atoms. The number of rotatable bonds is 4. The number of halogens is 2. The fraction of sp³-hybridized carbons (Fsp3) is 0.0833. The van der Waals surface area contributed by atoms with Crippen LogP contribution in [-0.2, 0) is 6.54 Å². The van der Waals surface area contributed by atoms with E-state index in [-0.39, 0.29) is 0 Å². The van der Waals surface area contributed by atoms with E-state index in [1.165, 1.54) is 11.3 Å². The third-order valence-electron chi connectivity index (χ3n) is 2.25. The maximum atomic E-state index is 10.8. The lowest BCUT2D eigenvalue weighted by molar-refractivity contribution is 0.0702. The molecule has 2 aromatic rings. The van der Waals surface area contributed by atoms with Crippen molar-refractivity contribution in [3.63, 3.8) is 0 Å². The quantitative estimate of drug-likeness (QED) is 0.802. The molecule has 3 nitrogen and oxygen atoms in total. The molecule has 0 saturated carbocycles. The van der Waals surface area contributed by atoms with Crippen LogP contribution in [-0.4, -0.2) is 11.1 Å². The Balaban J connectivity index is 2.06. The van der Waals surface area contributed by atoms with E-state index in [2.05, 4.69) is 37.2 Å². The smallest absolute Gasteiger partial charge is 0.345 e. The average molecular weight is 391 g/mol. The van der Waals surface area contributed by atoms with Gasteiger partial charge >= 0.3 is 5.97 Å². The number of hydrogen-bond donors (Lipinski definition) is 2. The second-order valence-corrected chi connectivity index (χ2v) is 6.49. The second kappa shape index (κ2) is 5.86. The first kappa shape index (κ1) is 13.6. The van der Waals surface area contributed by atoms with E-state index >= 15 is 0 Å². The normalized spacial score (nSPS) is 10.3. The molecule has 1 aromatic heterocycles. The molecule has 94 valence electrons. The third-order valence-corrected chi connectivity index (χ3v) is 4.51. The Morgan fingerprint density at radius 3 is 2.72 bits per heavy atom. The van der Waals surface area contributed by atoms with Gasteiger partial charge in [0.1, 0.15) is 4.88 Å². The molecule has 0 radical (unpaired) electrons. The summed E-state index contributed by atoms with van der Waals surface area (Å²) in [6.45, 7) is 0.604. The molecule has 0 amide bonds. The topological polar surface area (TPSA) is 49.3 Å². The van der Waals surface area contributed by atoms with Crippen LogP contribution in [0.4, 0.5) is 5.69 Å². The van der Waals surface area contributed by atoms with Gasteiger partial charge in [0, 0.05) is 26.1 Å². The van der Waals surface area contributed by atoms with E-state index in [0.717, 1.165) is 19.5 Å². The van der Waals surface area contributed by atoms with Crippen molar-refractivity contribution in [2.24, 2.45) is 0 Å². The molecule has 0 fully saturated rings. The number of carbonyl (C=O) groups is 1. The number of carboxylic acid groups (broad SMARTS) is 1. The van der Waals surface area contributed by atoms with Crippen LogP contribution in [0.2, 0.25) is 0 Å². The van der Waals surface area contributed by atoms with Crippen LogP contribution in [0.25, 0.3) is 0 Å². The van der Waals surface area contributed by atoms with Crippen LogP contribution >= 0.6 is 43.2 Å². The van der Waals surface area contributed by atoms with E-state index in [1.54, 1.807) is 6.07 Å². The Morgan fingerprint density at radius 1 is 1.28 bits per heavy atom. The van der Waals surface area contributed by atoms with Crippen molar-refractivity contribution < 1.29 is 9.90 Å². The highest BCUT2D eigenvalue weighted by molar-refractivity contribution is 9.11. The fourth-order valence-corrected chi connectivity index (χ4v) is 2.94. The molecule has 1 aromatic carbocycles. The Bertz CT molecular complexity index is 583. The number of benzene rings is 1. The molecule has 18 heavy (non-hydrogen) atoms. The van der Waals surface area contributed by atoms with Gasteiger partial charge in [-0.25, -0.2) is 4.79 Å². The number of anilines is 1. The lowest BCUT2D eigenvalue weighted by Gasteiger charge is -2.07. The summed E-state index contributed by atoms with van der Waals surface area (Å²) in [4.78, 5) is 12.1. The zero-order chi connectivity index (χ0) is 13.1. The fourth-order valence-electron chi connectivity index (χ4n) is 1.40. The molecule has 1 heterocycles. The van der Waals surface area contributed by atoms with Gasteiger partial charge in [0.2, 0.25) is 0 Å². The van der Waals surface area contributed by atoms with Gasteiger partial charge in [0.25, 0.3) is 0 Å². The molecule has 0 saturated heterocycles. The van der Waals surface area contributed by atoms with Gasteiger partial charge in [-0.15, -0.1) is 11.3 Å². The van der Waals surface area contributed by atoms with Crippen molar-refractivity contribution in [3.05, 3.63) is 49.0 Å². The number of thiophene rings is 1. The minimum atomic E-state index is -0.880. The van der Waals surface area contributed by atoms with Crippen LogP contribution in [0.1, 0.15) is 14.5 Å². The SMILES string of the molecule is O=C(O)c1ccc(CNc2cc(Br)ccc2Br)s1. The van der Waals surface area contributed by atoms with Crippen molar-refractivity contribution in [2.75, 3.05) is 5.32 Å². The van der Waals surface area contributed by atoms with Crippen molar-refractivity contribution in [2.45, 2.75) is 6.54 Å². The largest absolute Gasteiger partial charge is 0.477 e. The number of carboxylic acids is 1. The van der Waals surface area contributed by atoms with Crippen LogP contribution in [0.5, 0.6) is 0 Å². The van der Waals surface area contributed by atoms with Crippen molar-refractivity contribution in [1.29, 1.82) is 0 Å². The summed E-state index contributed by atoms with van der Waals surface area (Å²) in [6.07, 6.45) is 0. The Hall–Kier alpha value is -0.850. The van der Waals surface area contributed by atoms with E-state index in [9.17, 15) is 4.79 Å². The molecule has 2 rings (SSSR count). The molecule has 0 aliphatic carbocycles. The average Bonchev–Trinajstić information content (AvgIpc) is 2.79. The second-order valence-electron chi connectivity index (χ2n) is 3.55. The molecule has 6 heteroatoms. The molecule has 0 bridgehead atoms. The highest BCUT2D eigenvalue weighted by Gasteiger charge is 2.07. The predicted octanol–water partition coefficient (Wildman–Crippen LogP) is 4.58. The molecular weight excluding hydrogens is 382 g/mol. The summed E-state index contributed by atoms with van der Waals surface area (Å²) < 4.78 is 1.96. The Kier molecular flexibility index (Phi) is 4.42.